The van der Waals surface area contributed by atoms with Crippen LogP contribution >= 0.6 is 48.0 Å². The first kappa shape index (κ1) is 32.7. The van der Waals surface area contributed by atoms with Gasteiger partial charge in [0.1, 0.15) is 20.7 Å². The molecule has 2 aromatic rings. The first-order valence-corrected chi connectivity index (χ1v) is 17.0. The van der Waals surface area contributed by atoms with Gasteiger partial charge in [-0.1, -0.05) is 121 Å². The Morgan fingerprint density at radius 1 is 0.667 bits per heavy atom. The lowest BCUT2D eigenvalue weighted by molar-refractivity contribution is -0.144. The van der Waals surface area contributed by atoms with Gasteiger partial charge in [-0.05, 0) is 36.8 Å². The first-order valence-electron chi connectivity index (χ1n) is 14.2. The molecule has 2 aliphatic heterocycles. The second kappa shape index (κ2) is 16.6. The van der Waals surface area contributed by atoms with E-state index in [1.54, 1.807) is 0 Å². The molecule has 2 aliphatic rings. The van der Waals surface area contributed by atoms with Crippen LogP contribution in [-0.4, -0.2) is 101 Å². The standard InChI is InChI=1S/C30H38N4O4S4/c35-27(36)25(17-23-11-5-3-6-12-23)33-19-31(29(39)41-21-33)15-9-1-2-10-16-32-20-34(22-42-30(32)40)26(28(37)38)18-24-13-7-4-8-14-24/h3-8,11-14,25-26H,1-2,9-10,15-22H2,(H,35,36)(H,37,38). The van der Waals surface area contributed by atoms with Gasteiger partial charge in [0.05, 0.1) is 25.1 Å². The van der Waals surface area contributed by atoms with E-state index in [0.29, 0.717) is 37.9 Å². The van der Waals surface area contributed by atoms with E-state index in [1.165, 1.54) is 23.5 Å². The number of thiocarbonyl (C=S) groups is 2. The first-order chi connectivity index (χ1) is 20.3. The van der Waals surface area contributed by atoms with Gasteiger partial charge in [0.2, 0.25) is 0 Å². The van der Waals surface area contributed by atoms with Crippen molar-refractivity contribution in [3.8, 4) is 0 Å². The summed E-state index contributed by atoms with van der Waals surface area (Å²) in [6.07, 6.45) is 4.91. The Labute approximate surface area is 267 Å². The Morgan fingerprint density at radius 3 is 1.40 bits per heavy atom. The van der Waals surface area contributed by atoms with Crippen LogP contribution in [0.2, 0.25) is 0 Å². The van der Waals surface area contributed by atoms with E-state index in [9.17, 15) is 19.8 Å². The van der Waals surface area contributed by atoms with Crippen molar-refractivity contribution in [3.63, 3.8) is 0 Å². The monoisotopic (exact) mass is 646 g/mol. The molecule has 2 fully saturated rings. The maximum absolute atomic E-state index is 12.1. The zero-order chi connectivity index (χ0) is 29.9. The molecule has 2 atom stereocenters. The van der Waals surface area contributed by atoms with Gasteiger partial charge in [0.15, 0.2) is 0 Å². The number of thioether (sulfide) groups is 2. The Balaban J connectivity index is 1.19. The van der Waals surface area contributed by atoms with Gasteiger partial charge in [-0.2, -0.15) is 0 Å². The summed E-state index contributed by atoms with van der Waals surface area (Å²) in [7, 11) is 0. The molecule has 42 heavy (non-hydrogen) atoms. The van der Waals surface area contributed by atoms with Gasteiger partial charge in [-0.3, -0.25) is 19.4 Å². The molecule has 2 saturated heterocycles. The van der Waals surface area contributed by atoms with Crippen LogP contribution in [0.1, 0.15) is 36.8 Å². The van der Waals surface area contributed by atoms with Gasteiger partial charge in [0, 0.05) is 13.1 Å². The van der Waals surface area contributed by atoms with Crippen molar-refractivity contribution in [2.45, 2.75) is 50.6 Å². The fraction of sp³-hybridized carbons (Fsp3) is 0.467. The fourth-order valence-corrected chi connectivity index (χ4v) is 7.53. The smallest absolute Gasteiger partial charge is 0.321 e. The van der Waals surface area contributed by atoms with E-state index in [-0.39, 0.29) is 0 Å². The second-order valence-corrected chi connectivity index (χ2v) is 13.7. The van der Waals surface area contributed by atoms with E-state index in [0.717, 1.165) is 58.5 Å². The normalized spacial score (nSPS) is 18.2. The number of carboxylic acid groups (broad SMARTS) is 2. The molecule has 2 N–H and O–H groups in total. The summed E-state index contributed by atoms with van der Waals surface area (Å²) in [5, 5.41) is 19.9. The molecule has 8 nitrogen and oxygen atoms in total. The molecule has 0 bridgehead atoms. The highest BCUT2D eigenvalue weighted by atomic mass is 32.2. The predicted molar refractivity (Wildman–Crippen MR) is 179 cm³/mol. The summed E-state index contributed by atoms with van der Waals surface area (Å²) >= 11 is 14.3. The molecule has 0 radical (unpaired) electrons. The van der Waals surface area contributed by atoms with Gasteiger partial charge >= 0.3 is 11.9 Å². The van der Waals surface area contributed by atoms with Crippen LogP contribution in [0.5, 0.6) is 0 Å². The molecule has 12 heteroatoms. The molecule has 4 rings (SSSR count). The number of rotatable bonds is 15. The summed E-state index contributed by atoms with van der Waals surface area (Å²) in [6, 6.07) is 18.3. The van der Waals surface area contributed by atoms with Crippen molar-refractivity contribution in [2.24, 2.45) is 0 Å². The van der Waals surface area contributed by atoms with Crippen molar-refractivity contribution in [2.75, 3.05) is 38.2 Å². The summed E-state index contributed by atoms with van der Waals surface area (Å²) in [6.45, 7) is 2.65. The van der Waals surface area contributed by atoms with Gasteiger partial charge in [-0.25, -0.2) is 0 Å². The average molecular weight is 647 g/mol. The topological polar surface area (TPSA) is 87.6 Å². The zero-order valence-electron chi connectivity index (χ0n) is 23.5. The van der Waals surface area contributed by atoms with E-state index in [2.05, 4.69) is 9.80 Å². The second-order valence-electron chi connectivity index (χ2n) is 10.6. The third kappa shape index (κ3) is 9.65. The lowest BCUT2D eigenvalue weighted by Crippen LogP contribution is -2.52. The fourth-order valence-electron chi connectivity index (χ4n) is 5.17. The maximum Gasteiger partial charge on any atom is 0.321 e. The Morgan fingerprint density at radius 2 is 1.05 bits per heavy atom. The van der Waals surface area contributed by atoms with Gasteiger partial charge in [-0.15, -0.1) is 0 Å². The van der Waals surface area contributed by atoms with Crippen LogP contribution in [0.25, 0.3) is 0 Å². The number of unbranched alkanes of at least 4 members (excludes halogenated alkanes) is 3. The Bertz CT molecular complexity index is 1110. The van der Waals surface area contributed by atoms with Crippen LogP contribution < -0.4 is 0 Å². The summed E-state index contributed by atoms with van der Waals surface area (Å²) in [5.74, 6) is -0.459. The molecule has 0 saturated carbocycles. The molecule has 0 aliphatic carbocycles. The molecule has 0 amide bonds. The summed E-state index contributed by atoms with van der Waals surface area (Å²) < 4.78 is 1.66. The molecular weight excluding hydrogens is 609 g/mol. The summed E-state index contributed by atoms with van der Waals surface area (Å²) in [5.41, 5.74) is 2.03. The largest absolute Gasteiger partial charge is 0.480 e. The van der Waals surface area contributed by atoms with E-state index < -0.39 is 24.0 Å². The van der Waals surface area contributed by atoms with Gasteiger partial charge < -0.3 is 20.0 Å². The van der Waals surface area contributed by atoms with Gasteiger partial charge in [0.25, 0.3) is 0 Å². The highest BCUT2D eigenvalue weighted by Gasteiger charge is 2.33. The highest BCUT2D eigenvalue weighted by molar-refractivity contribution is 8.23. The van der Waals surface area contributed by atoms with E-state index >= 15 is 0 Å². The van der Waals surface area contributed by atoms with E-state index in [1.807, 2.05) is 70.5 Å². The van der Waals surface area contributed by atoms with Crippen molar-refractivity contribution < 1.29 is 19.8 Å². The van der Waals surface area contributed by atoms with Crippen molar-refractivity contribution in [3.05, 3.63) is 71.8 Å². The number of nitrogens with zero attached hydrogens (tertiary/aromatic N) is 4. The third-order valence-electron chi connectivity index (χ3n) is 7.53. The quantitative estimate of drug-likeness (QED) is 0.201. The maximum atomic E-state index is 12.1. The Kier molecular flexibility index (Phi) is 12.9. The number of hydrogen-bond acceptors (Lipinski definition) is 8. The van der Waals surface area contributed by atoms with Crippen LogP contribution in [0.3, 0.4) is 0 Å². The number of hydrogen-bond donors (Lipinski definition) is 2. The van der Waals surface area contributed by atoms with Crippen LogP contribution in [0.15, 0.2) is 60.7 Å². The molecule has 0 spiro atoms. The predicted octanol–water partition coefficient (Wildman–Crippen LogP) is 5.04. The zero-order valence-corrected chi connectivity index (χ0v) is 26.8. The van der Waals surface area contributed by atoms with Crippen molar-refractivity contribution in [1.29, 1.82) is 0 Å². The number of benzene rings is 2. The molecule has 2 unspecified atom stereocenters. The molecule has 2 heterocycles. The van der Waals surface area contributed by atoms with Crippen LogP contribution in [-0.2, 0) is 22.4 Å². The minimum atomic E-state index is -0.811. The average Bonchev–Trinajstić information content (AvgIpc) is 2.99. The lowest BCUT2D eigenvalue weighted by atomic mass is 10.1. The molecule has 2 aromatic carbocycles. The number of carboxylic acids is 2. The molecule has 226 valence electrons. The summed E-state index contributed by atoms with van der Waals surface area (Å²) in [4.78, 5) is 32.4. The number of carbonyl (C=O) groups is 2. The van der Waals surface area contributed by atoms with Crippen LogP contribution in [0.4, 0.5) is 0 Å². The molecular formula is C30H38N4O4S4. The Hall–Kier alpha value is -2.22. The number of aliphatic carboxylic acids is 2. The van der Waals surface area contributed by atoms with E-state index in [4.69, 9.17) is 24.4 Å². The highest BCUT2D eigenvalue weighted by Crippen LogP contribution is 2.25. The SMILES string of the molecule is O=C(O)C(Cc1ccccc1)N1CSC(=S)N(CCCCCCN2CN(C(Cc3ccccc3)C(=O)O)CSC2=S)C1. The van der Waals surface area contributed by atoms with Crippen molar-refractivity contribution >= 4 is 68.5 Å². The minimum absolute atomic E-state index is 0.463. The molecule has 0 aromatic heterocycles. The minimum Gasteiger partial charge on any atom is -0.480 e. The third-order valence-corrected chi connectivity index (χ3v) is 10.7. The van der Waals surface area contributed by atoms with Crippen molar-refractivity contribution in [1.82, 2.24) is 19.6 Å². The lowest BCUT2D eigenvalue weighted by Gasteiger charge is -2.39. The van der Waals surface area contributed by atoms with Crippen LogP contribution in [0, 0.1) is 0 Å².